The summed E-state index contributed by atoms with van der Waals surface area (Å²) in [5, 5.41) is 0. The molecule has 0 aliphatic rings. The van der Waals surface area contributed by atoms with E-state index in [1.807, 2.05) is 14.1 Å². The normalized spacial score (nSPS) is 12.4. The summed E-state index contributed by atoms with van der Waals surface area (Å²) < 4.78 is 8.48. The van der Waals surface area contributed by atoms with Crippen LogP contribution in [-0.2, 0) is 4.57 Å². The van der Waals surface area contributed by atoms with Gasteiger partial charge in [-0.2, -0.15) is 0 Å². The molecule has 0 aromatic rings. The molecule has 0 aromatic heterocycles. The van der Waals surface area contributed by atoms with Gasteiger partial charge in [0, 0.05) is 0 Å². The van der Waals surface area contributed by atoms with Crippen LogP contribution in [0.15, 0.2) is 0 Å². The zero-order chi connectivity index (χ0) is 19.9. The van der Waals surface area contributed by atoms with Crippen molar-refractivity contribution in [1.29, 1.82) is 0 Å². The Balaban J connectivity index is -0.000000301. The number of carbonyl (C=O) groups is 2. The minimum atomic E-state index is -3.37. The van der Waals surface area contributed by atoms with Crippen molar-refractivity contribution in [2.45, 2.75) is 65.5 Å². The second-order valence-corrected chi connectivity index (χ2v) is 5.79. The van der Waals surface area contributed by atoms with E-state index in [4.69, 9.17) is 25.8 Å². The van der Waals surface area contributed by atoms with Gasteiger partial charge in [0.05, 0.1) is 26.2 Å². The molecule has 0 saturated carbocycles. The van der Waals surface area contributed by atoms with Crippen LogP contribution >= 0.6 is 8.25 Å². The SMILES string of the molecule is CCC(CC)[NH+](C)C(N)=O.CCC(CC)[NH+](C)C(N)=O.O=[P+]([O-])[O-]. The van der Waals surface area contributed by atoms with Gasteiger partial charge in [0.15, 0.2) is 0 Å². The molecule has 0 spiro atoms. The van der Waals surface area contributed by atoms with Gasteiger partial charge in [-0.3, -0.25) is 9.80 Å². The smallest absolute Gasteiger partial charge is 0.412 e. The van der Waals surface area contributed by atoms with Crippen molar-refractivity contribution in [3.05, 3.63) is 0 Å². The van der Waals surface area contributed by atoms with Crippen molar-refractivity contribution in [2.24, 2.45) is 11.5 Å². The Morgan fingerprint density at radius 1 is 0.833 bits per heavy atom. The van der Waals surface area contributed by atoms with Crippen molar-refractivity contribution in [2.75, 3.05) is 14.1 Å². The second-order valence-electron chi connectivity index (χ2n) is 5.34. The van der Waals surface area contributed by atoms with Gasteiger partial charge in [-0.25, -0.2) is 9.59 Å². The highest BCUT2D eigenvalue weighted by Gasteiger charge is 2.19. The molecular formula is C14H34N4O5P+. The minimum Gasteiger partial charge on any atom is -0.598 e. The maximum atomic E-state index is 10.6. The third-order valence-corrected chi connectivity index (χ3v) is 3.97. The van der Waals surface area contributed by atoms with Crippen molar-refractivity contribution >= 4 is 20.3 Å². The number of hydrogen-bond donors (Lipinski definition) is 4. The highest BCUT2D eigenvalue weighted by Crippen LogP contribution is 1.90. The van der Waals surface area contributed by atoms with Gasteiger partial charge in [-0.1, -0.05) is 32.3 Å². The minimum absolute atomic E-state index is 0.256. The van der Waals surface area contributed by atoms with E-state index in [1.165, 1.54) is 0 Å². The van der Waals surface area contributed by atoms with Crippen LogP contribution in [0.1, 0.15) is 53.4 Å². The highest BCUT2D eigenvalue weighted by molar-refractivity contribution is 7.27. The fourth-order valence-electron chi connectivity index (χ4n) is 2.20. The van der Waals surface area contributed by atoms with E-state index in [1.54, 1.807) is 0 Å². The van der Waals surface area contributed by atoms with Crippen molar-refractivity contribution in [3.63, 3.8) is 0 Å². The van der Waals surface area contributed by atoms with Gasteiger partial charge in [0.25, 0.3) is 8.25 Å². The molecule has 24 heavy (non-hydrogen) atoms. The van der Waals surface area contributed by atoms with Crippen LogP contribution in [-0.4, -0.2) is 38.2 Å². The Morgan fingerprint density at radius 3 is 1.04 bits per heavy atom. The van der Waals surface area contributed by atoms with Crippen LogP contribution in [0.25, 0.3) is 0 Å². The summed E-state index contributed by atoms with van der Waals surface area (Å²) in [6.45, 7) is 8.28. The molecule has 144 valence electrons. The van der Waals surface area contributed by atoms with E-state index in [2.05, 4.69) is 27.7 Å². The molecule has 9 nitrogen and oxygen atoms in total. The summed E-state index contributed by atoms with van der Waals surface area (Å²) in [5.41, 5.74) is 10.2. The predicted molar refractivity (Wildman–Crippen MR) is 89.3 cm³/mol. The number of amides is 4. The molecule has 0 aliphatic carbocycles. The maximum Gasteiger partial charge on any atom is 0.412 e. The van der Waals surface area contributed by atoms with Gasteiger partial charge < -0.3 is 21.3 Å². The third-order valence-electron chi connectivity index (χ3n) is 3.97. The standard InChI is InChI=1S/2C7H16N2O.HO3P/c2*1-4-6(5-2)9(3)7(8)10;1-4(2)3/h2*6H,4-5H2,1-3H3,(H2,8,10);(H,1,2,3)/p+1. The molecule has 0 aromatic carbocycles. The number of urea groups is 2. The molecule has 0 saturated heterocycles. The average molecular weight is 369 g/mol. The Labute approximate surface area is 145 Å². The Bertz CT molecular complexity index is 331. The Morgan fingerprint density at radius 2 is 1.00 bits per heavy atom. The van der Waals surface area contributed by atoms with E-state index in [9.17, 15) is 9.59 Å². The topological polar surface area (TPSA) is 158 Å². The third kappa shape index (κ3) is 15.8. The van der Waals surface area contributed by atoms with Crippen molar-refractivity contribution in [1.82, 2.24) is 0 Å². The fourth-order valence-corrected chi connectivity index (χ4v) is 2.20. The zero-order valence-electron chi connectivity index (χ0n) is 15.6. The predicted octanol–water partition coefficient (Wildman–Crippen LogP) is -2.10. The molecular weight excluding hydrogens is 335 g/mol. The van der Waals surface area contributed by atoms with Gasteiger partial charge >= 0.3 is 12.1 Å². The van der Waals surface area contributed by atoms with Gasteiger partial charge in [0.1, 0.15) is 0 Å². The molecule has 4 amide bonds. The number of hydrogen-bond acceptors (Lipinski definition) is 5. The number of nitrogens with two attached hydrogens (primary N) is 2. The van der Waals surface area contributed by atoms with Crippen LogP contribution in [0.2, 0.25) is 0 Å². The molecule has 2 atom stereocenters. The first-order valence-corrected chi connectivity index (χ1v) is 9.17. The Hall–Kier alpha value is -1.12. The van der Waals surface area contributed by atoms with Crippen molar-refractivity contribution in [3.8, 4) is 0 Å². The van der Waals surface area contributed by atoms with E-state index in [-0.39, 0.29) is 12.1 Å². The van der Waals surface area contributed by atoms with E-state index in [0.29, 0.717) is 12.1 Å². The lowest BCUT2D eigenvalue weighted by Crippen LogP contribution is -3.16. The number of nitrogens with one attached hydrogen (secondary N) is 2. The molecule has 0 aliphatic heterocycles. The van der Waals surface area contributed by atoms with Crippen LogP contribution in [0, 0.1) is 0 Å². The van der Waals surface area contributed by atoms with Gasteiger partial charge in [0.2, 0.25) is 0 Å². The number of rotatable bonds is 6. The second kappa shape index (κ2) is 16.7. The fraction of sp³-hybridized carbons (Fsp3) is 0.857. The first-order valence-electron chi connectivity index (χ1n) is 8.07. The number of quaternary nitrogens is 2. The van der Waals surface area contributed by atoms with E-state index >= 15 is 0 Å². The first kappa shape index (κ1) is 27.7. The lowest BCUT2D eigenvalue weighted by Gasteiger charge is -2.17. The molecule has 2 unspecified atom stereocenters. The van der Waals surface area contributed by atoms with Crippen LogP contribution < -0.4 is 31.1 Å². The monoisotopic (exact) mass is 369 g/mol. The molecule has 0 fully saturated rings. The number of carbonyl (C=O) groups excluding carboxylic acids is 2. The van der Waals surface area contributed by atoms with Gasteiger partial charge in [-0.05, 0) is 25.7 Å². The van der Waals surface area contributed by atoms with E-state index in [0.717, 1.165) is 35.5 Å². The molecule has 0 rings (SSSR count). The molecule has 0 radical (unpaired) electrons. The molecule has 6 N–H and O–H groups in total. The highest BCUT2D eigenvalue weighted by atomic mass is 31.1. The Kier molecular flexibility index (Phi) is 19.3. The molecule has 0 heterocycles. The summed E-state index contributed by atoms with van der Waals surface area (Å²) in [4.78, 5) is 39.9. The lowest BCUT2D eigenvalue weighted by atomic mass is 10.1. The summed E-state index contributed by atoms with van der Waals surface area (Å²) in [6.07, 6.45) is 4.02. The largest absolute Gasteiger partial charge is 0.598 e. The average Bonchev–Trinajstić information content (AvgIpc) is 2.49. The summed E-state index contributed by atoms with van der Waals surface area (Å²) in [7, 11) is 0.269. The number of primary amides is 2. The summed E-state index contributed by atoms with van der Waals surface area (Å²) in [6, 6.07) is 0.261. The van der Waals surface area contributed by atoms with Crippen LogP contribution in [0.3, 0.4) is 0 Å². The first-order chi connectivity index (χ1) is 11.0. The van der Waals surface area contributed by atoms with E-state index < -0.39 is 8.25 Å². The molecule has 10 heteroatoms. The quantitative estimate of drug-likeness (QED) is 0.394. The van der Waals surface area contributed by atoms with Gasteiger partial charge in [-0.15, -0.1) is 0 Å². The van der Waals surface area contributed by atoms with Crippen LogP contribution in [0.5, 0.6) is 0 Å². The zero-order valence-corrected chi connectivity index (χ0v) is 16.5. The molecule has 0 bridgehead atoms. The lowest BCUT2D eigenvalue weighted by molar-refractivity contribution is -0.821. The van der Waals surface area contributed by atoms with Crippen molar-refractivity contribution < 1.29 is 33.7 Å². The maximum absolute atomic E-state index is 10.6. The summed E-state index contributed by atoms with van der Waals surface area (Å²) in [5.74, 6) is 0. The van der Waals surface area contributed by atoms with Crippen LogP contribution in [0.4, 0.5) is 9.59 Å². The summed E-state index contributed by atoms with van der Waals surface area (Å²) >= 11 is 0.